The molecule has 0 saturated heterocycles. The molecule has 0 aromatic heterocycles. The number of sulfone groups is 1. The van der Waals surface area contributed by atoms with Crippen LogP contribution < -0.4 is 5.32 Å². The van der Waals surface area contributed by atoms with E-state index in [4.69, 9.17) is 0 Å². The summed E-state index contributed by atoms with van der Waals surface area (Å²) in [7, 11) is -3.37. The first kappa shape index (κ1) is 12.9. The molecule has 1 heterocycles. The van der Waals surface area contributed by atoms with Crippen LogP contribution in [-0.4, -0.2) is 15.0 Å². The van der Waals surface area contributed by atoms with Crippen molar-refractivity contribution in [2.24, 2.45) is 0 Å². The van der Waals surface area contributed by atoms with Crippen molar-refractivity contribution in [2.45, 2.75) is 11.3 Å². The van der Waals surface area contributed by atoms with E-state index in [0.29, 0.717) is 4.90 Å². The molecule has 0 saturated carbocycles. The first-order chi connectivity index (χ1) is 9.65. The average molecular weight is 285 g/mol. The molecular weight excluding hydrogens is 270 g/mol. The molecule has 1 N–H and O–H groups in total. The highest BCUT2D eigenvalue weighted by Crippen LogP contribution is 2.24. The zero-order valence-electron chi connectivity index (χ0n) is 10.9. The molecule has 0 amide bonds. The SMILES string of the molecule is O=S(=O)(C=Cc1ccc2c(c1)CCN2)c1ccccc1. The van der Waals surface area contributed by atoms with E-state index in [1.165, 1.54) is 11.0 Å². The molecule has 0 bridgehead atoms. The Labute approximate surface area is 118 Å². The molecule has 102 valence electrons. The van der Waals surface area contributed by atoms with Gasteiger partial charge in [0, 0.05) is 17.6 Å². The van der Waals surface area contributed by atoms with Crippen molar-refractivity contribution in [3.8, 4) is 0 Å². The van der Waals surface area contributed by atoms with Crippen LogP contribution in [0.4, 0.5) is 5.69 Å². The van der Waals surface area contributed by atoms with Gasteiger partial charge in [0.25, 0.3) is 0 Å². The summed E-state index contributed by atoms with van der Waals surface area (Å²) >= 11 is 0. The highest BCUT2D eigenvalue weighted by atomic mass is 32.2. The largest absolute Gasteiger partial charge is 0.384 e. The van der Waals surface area contributed by atoms with Crippen LogP contribution in [0.5, 0.6) is 0 Å². The topological polar surface area (TPSA) is 46.2 Å². The maximum absolute atomic E-state index is 12.1. The second-order valence-electron chi connectivity index (χ2n) is 4.75. The van der Waals surface area contributed by atoms with Crippen LogP contribution in [0.15, 0.2) is 58.8 Å². The number of benzene rings is 2. The standard InChI is InChI=1S/C16H15NO2S/c18-20(19,15-4-2-1-3-5-15)11-9-13-6-7-16-14(12-13)8-10-17-16/h1-7,9,11-12,17H,8,10H2. The Morgan fingerprint density at radius 3 is 2.65 bits per heavy atom. The number of nitrogens with one attached hydrogen (secondary N) is 1. The zero-order valence-corrected chi connectivity index (χ0v) is 11.7. The van der Waals surface area contributed by atoms with Crippen molar-refractivity contribution >= 4 is 21.6 Å². The Morgan fingerprint density at radius 2 is 1.85 bits per heavy atom. The smallest absolute Gasteiger partial charge is 0.199 e. The van der Waals surface area contributed by atoms with Gasteiger partial charge in [0.2, 0.25) is 0 Å². The predicted molar refractivity (Wildman–Crippen MR) is 81.3 cm³/mol. The Bertz CT molecular complexity index is 749. The Hall–Kier alpha value is -2.07. The summed E-state index contributed by atoms with van der Waals surface area (Å²) in [5.74, 6) is 0. The minimum Gasteiger partial charge on any atom is -0.384 e. The number of hydrogen-bond donors (Lipinski definition) is 1. The lowest BCUT2D eigenvalue weighted by molar-refractivity contribution is 0.605. The van der Waals surface area contributed by atoms with Crippen molar-refractivity contribution in [1.82, 2.24) is 0 Å². The average Bonchev–Trinajstić information content (AvgIpc) is 2.94. The quantitative estimate of drug-likeness (QED) is 0.942. The van der Waals surface area contributed by atoms with E-state index in [9.17, 15) is 8.42 Å². The molecule has 3 nitrogen and oxygen atoms in total. The van der Waals surface area contributed by atoms with Gasteiger partial charge >= 0.3 is 0 Å². The van der Waals surface area contributed by atoms with Gasteiger partial charge in [0.05, 0.1) is 4.90 Å². The molecule has 0 spiro atoms. The number of fused-ring (bicyclic) bond motifs is 1. The van der Waals surface area contributed by atoms with E-state index in [2.05, 4.69) is 5.32 Å². The Balaban J connectivity index is 1.87. The van der Waals surface area contributed by atoms with Gasteiger partial charge in [0.15, 0.2) is 9.84 Å². The third kappa shape index (κ3) is 2.60. The lowest BCUT2D eigenvalue weighted by atomic mass is 10.1. The zero-order chi connectivity index (χ0) is 14.0. The number of hydrogen-bond acceptors (Lipinski definition) is 3. The van der Waals surface area contributed by atoms with Crippen molar-refractivity contribution in [1.29, 1.82) is 0 Å². The normalized spacial score (nSPS) is 14.2. The maximum atomic E-state index is 12.1. The molecular formula is C16H15NO2S. The molecule has 1 aliphatic heterocycles. The molecule has 4 heteroatoms. The van der Waals surface area contributed by atoms with Gasteiger partial charge in [-0.1, -0.05) is 24.3 Å². The van der Waals surface area contributed by atoms with Crippen LogP contribution in [0.1, 0.15) is 11.1 Å². The molecule has 20 heavy (non-hydrogen) atoms. The minimum absolute atomic E-state index is 0.319. The van der Waals surface area contributed by atoms with Crippen LogP contribution >= 0.6 is 0 Å². The van der Waals surface area contributed by atoms with E-state index in [-0.39, 0.29) is 0 Å². The van der Waals surface area contributed by atoms with Crippen LogP contribution in [0.3, 0.4) is 0 Å². The molecule has 0 aliphatic carbocycles. The summed E-state index contributed by atoms with van der Waals surface area (Å²) in [6.45, 7) is 0.949. The highest BCUT2D eigenvalue weighted by molar-refractivity contribution is 7.94. The molecule has 0 radical (unpaired) electrons. The van der Waals surface area contributed by atoms with Gasteiger partial charge in [0.1, 0.15) is 0 Å². The van der Waals surface area contributed by atoms with Crippen molar-refractivity contribution < 1.29 is 8.42 Å². The second-order valence-corrected chi connectivity index (χ2v) is 6.59. The Kier molecular flexibility index (Phi) is 3.32. The summed E-state index contributed by atoms with van der Waals surface area (Å²) in [4.78, 5) is 0.319. The fourth-order valence-electron chi connectivity index (χ4n) is 2.29. The third-order valence-electron chi connectivity index (χ3n) is 3.35. The Morgan fingerprint density at radius 1 is 1.05 bits per heavy atom. The highest BCUT2D eigenvalue weighted by Gasteiger charge is 2.11. The van der Waals surface area contributed by atoms with Gasteiger partial charge in [-0.15, -0.1) is 0 Å². The van der Waals surface area contributed by atoms with Crippen LogP contribution in [-0.2, 0) is 16.3 Å². The second kappa shape index (κ2) is 5.13. The summed E-state index contributed by atoms with van der Waals surface area (Å²) in [6.07, 6.45) is 2.64. The maximum Gasteiger partial charge on any atom is 0.199 e. The summed E-state index contributed by atoms with van der Waals surface area (Å²) in [5, 5.41) is 4.55. The predicted octanol–water partition coefficient (Wildman–Crippen LogP) is 3.10. The molecule has 0 atom stereocenters. The number of rotatable bonds is 3. The van der Waals surface area contributed by atoms with Crippen molar-refractivity contribution in [3.05, 3.63) is 65.1 Å². The van der Waals surface area contributed by atoms with Gasteiger partial charge in [-0.2, -0.15) is 0 Å². The summed E-state index contributed by atoms with van der Waals surface area (Å²) in [5.41, 5.74) is 3.30. The van der Waals surface area contributed by atoms with E-state index < -0.39 is 9.84 Å². The number of anilines is 1. The lowest BCUT2D eigenvalue weighted by Crippen LogP contribution is -1.95. The van der Waals surface area contributed by atoms with E-state index in [0.717, 1.165) is 24.2 Å². The van der Waals surface area contributed by atoms with Gasteiger partial charge in [-0.3, -0.25) is 0 Å². The van der Waals surface area contributed by atoms with E-state index in [1.807, 2.05) is 18.2 Å². The van der Waals surface area contributed by atoms with Crippen molar-refractivity contribution in [3.63, 3.8) is 0 Å². The van der Waals surface area contributed by atoms with Gasteiger partial charge < -0.3 is 5.32 Å². The molecule has 0 unspecified atom stereocenters. The summed E-state index contributed by atoms with van der Waals surface area (Å²) < 4.78 is 24.3. The third-order valence-corrected chi connectivity index (χ3v) is 4.77. The lowest BCUT2D eigenvalue weighted by Gasteiger charge is -2.01. The first-order valence-electron chi connectivity index (χ1n) is 6.50. The first-order valence-corrected chi connectivity index (χ1v) is 8.05. The molecule has 1 aliphatic rings. The van der Waals surface area contributed by atoms with Gasteiger partial charge in [-0.25, -0.2) is 8.42 Å². The fraction of sp³-hybridized carbons (Fsp3) is 0.125. The minimum atomic E-state index is -3.37. The fourth-order valence-corrected chi connectivity index (χ4v) is 3.32. The monoisotopic (exact) mass is 285 g/mol. The van der Waals surface area contributed by atoms with Crippen molar-refractivity contribution in [2.75, 3.05) is 11.9 Å². The van der Waals surface area contributed by atoms with E-state index >= 15 is 0 Å². The molecule has 3 rings (SSSR count). The van der Waals surface area contributed by atoms with Crippen LogP contribution in [0.2, 0.25) is 0 Å². The molecule has 2 aromatic carbocycles. The van der Waals surface area contributed by atoms with Gasteiger partial charge in [-0.05, 0) is 47.9 Å². The van der Waals surface area contributed by atoms with Crippen LogP contribution in [0.25, 0.3) is 6.08 Å². The van der Waals surface area contributed by atoms with Crippen LogP contribution in [0, 0.1) is 0 Å². The molecule has 0 fully saturated rings. The summed E-state index contributed by atoms with van der Waals surface area (Å²) in [6, 6.07) is 14.4. The van der Waals surface area contributed by atoms with E-state index in [1.54, 1.807) is 36.4 Å². The molecule has 2 aromatic rings.